The molecule has 4 heteroatoms. The zero-order chi connectivity index (χ0) is 14.2. The molecule has 2 heterocycles. The number of pyridine rings is 2. The van der Waals surface area contributed by atoms with Crippen LogP contribution < -0.4 is 5.32 Å². The Hall–Kier alpha value is -1.94. The van der Waals surface area contributed by atoms with Gasteiger partial charge in [-0.15, -0.1) is 0 Å². The molecule has 0 spiro atoms. The van der Waals surface area contributed by atoms with Crippen molar-refractivity contribution in [1.29, 1.82) is 0 Å². The molecule has 1 aliphatic carbocycles. The molecule has 3 nitrogen and oxygen atoms in total. The molecule has 0 fully saturated rings. The van der Waals surface area contributed by atoms with Gasteiger partial charge in [-0.3, -0.25) is 9.97 Å². The zero-order valence-electron chi connectivity index (χ0n) is 11.4. The van der Waals surface area contributed by atoms with Gasteiger partial charge in [0.05, 0.1) is 22.9 Å². The Morgan fingerprint density at radius 1 is 1.14 bits per heavy atom. The number of nitrogens with one attached hydrogen (secondary N) is 1. The highest BCUT2D eigenvalue weighted by Crippen LogP contribution is 2.34. The van der Waals surface area contributed by atoms with E-state index in [-0.39, 0.29) is 6.04 Å². The first kappa shape index (κ1) is 12.8. The molecule has 0 saturated carbocycles. The van der Waals surface area contributed by atoms with Crippen LogP contribution in [-0.4, -0.2) is 9.97 Å². The molecule has 1 atom stereocenters. The first-order valence-corrected chi connectivity index (χ1v) is 7.85. The molecule has 1 unspecified atom stereocenters. The highest BCUT2D eigenvalue weighted by atomic mass is 79.9. The number of aryl methyl sites for hydroxylation is 1. The van der Waals surface area contributed by atoms with E-state index in [9.17, 15) is 0 Å². The Kier molecular flexibility index (Phi) is 3.11. The van der Waals surface area contributed by atoms with Gasteiger partial charge in [0.1, 0.15) is 0 Å². The molecular formula is C17H14BrN3. The second kappa shape index (κ2) is 5.11. The van der Waals surface area contributed by atoms with Crippen LogP contribution in [0.1, 0.15) is 23.7 Å². The van der Waals surface area contributed by atoms with Gasteiger partial charge in [0.25, 0.3) is 0 Å². The van der Waals surface area contributed by atoms with Crippen molar-refractivity contribution in [2.24, 2.45) is 0 Å². The van der Waals surface area contributed by atoms with E-state index < -0.39 is 0 Å². The smallest absolute Gasteiger partial charge is 0.0934 e. The summed E-state index contributed by atoms with van der Waals surface area (Å²) in [5.41, 5.74) is 4.60. The summed E-state index contributed by atoms with van der Waals surface area (Å²) in [6, 6.07) is 12.8. The Morgan fingerprint density at radius 3 is 3.05 bits per heavy atom. The van der Waals surface area contributed by atoms with Crippen molar-refractivity contribution in [3.8, 4) is 0 Å². The first-order valence-electron chi connectivity index (χ1n) is 7.06. The Balaban J connectivity index is 1.73. The summed E-state index contributed by atoms with van der Waals surface area (Å²) in [6.07, 6.45) is 5.88. The molecule has 0 saturated heterocycles. The quantitative estimate of drug-likeness (QED) is 0.747. The maximum Gasteiger partial charge on any atom is 0.0934 e. The summed E-state index contributed by atoms with van der Waals surface area (Å²) in [5.74, 6) is 0. The van der Waals surface area contributed by atoms with Crippen LogP contribution in [0.25, 0.3) is 10.9 Å². The Morgan fingerprint density at radius 2 is 2.10 bits per heavy atom. The van der Waals surface area contributed by atoms with E-state index >= 15 is 0 Å². The lowest BCUT2D eigenvalue weighted by Gasteiger charge is -2.16. The molecule has 4 rings (SSSR count). The molecule has 0 radical (unpaired) electrons. The lowest BCUT2D eigenvalue weighted by molar-refractivity contribution is 0.747. The van der Waals surface area contributed by atoms with Crippen LogP contribution in [0.4, 0.5) is 5.69 Å². The van der Waals surface area contributed by atoms with Crippen LogP contribution in [0.2, 0.25) is 0 Å². The van der Waals surface area contributed by atoms with Gasteiger partial charge in [-0.2, -0.15) is 0 Å². The first-order chi connectivity index (χ1) is 10.3. The van der Waals surface area contributed by atoms with Gasteiger partial charge in [-0.1, -0.05) is 18.2 Å². The highest BCUT2D eigenvalue weighted by Gasteiger charge is 2.23. The van der Waals surface area contributed by atoms with Gasteiger partial charge in [-0.05, 0) is 52.5 Å². The molecule has 2 aromatic heterocycles. The Bertz CT molecular complexity index is 816. The monoisotopic (exact) mass is 339 g/mol. The van der Waals surface area contributed by atoms with Gasteiger partial charge in [-0.25, -0.2) is 0 Å². The van der Waals surface area contributed by atoms with E-state index in [0.717, 1.165) is 33.9 Å². The average molecular weight is 340 g/mol. The number of benzene rings is 1. The second-order valence-electron chi connectivity index (χ2n) is 5.31. The molecule has 0 bridgehead atoms. The number of aromatic nitrogens is 2. The summed E-state index contributed by atoms with van der Waals surface area (Å²) in [4.78, 5) is 9.09. The summed E-state index contributed by atoms with van der Waals surface area (Å²) in [7, 11) is 0. The zero-order valence-corrected chi connectivity index (χ0v) is 13.0. The number of rotatable bonds is 2. The number of nitrogens with zero attached hydrogens (tertiary/aromatic N) is 2. The number of anilines is 1. The third-order valence-electron chi connectivity index (χ3n) is 3.97. The molecule has 0 amide bonds. The average Bonchev–Trinajstić information content (AvgIpc) is 2.91. The number of fused-ring (bicyclic) bond motifs is 2. The molecule has 0 aliphatic heterocycles. The van der Waals surface area contributed by atoms with E-state index in [0.29, 0.717) is 0 Å². The minimum absolute atomic E-state index is 0.275. The molecule has 1 aromatic carbocycles. The molecule has 3 aromatic rings. The van der Waals surface area contributed by atoms with Crippen LogP contribution in [0.3, 0.4) is 0 Å². The van der Waals surface area contributed by atoms with E-state index in [1.165, 1.54) is 11.3 Å². The van der Waals surface area contributed by atoms with Crippen LogP contribution >= 0.6 is 15.9 Å². The summed E-state index contributed by atoms with van der Waals surface area (Å²) in [5, 5.41) is 4.75. The number of halogens is 1. The fraction of sp³-hybridized carbons (Fsp3) is 0.176. The number of para-hydroxylation sites is 1. The van der Waals surface area contributed by atoms with E-state index in [1.54, 1.807) is 0 Å². The summed E-state index contributed by atoms with van der Waals surface area (Å²) in [6.45, 7) is 0. The van der Waals surface area contributed by atoms with Crippen molar-refractivity contribution < 1.29 is 0 Å². The third kappa shape index (κ3) is 2.29. The van der Waals surface area contributed by atoms with E-state index in [4.69, 9.17) is 0 Å². The Labute approximate surface area is 131 Å². The molecule has 1 N–H and O–H groups in total. The number of hydrogen-bond donors (Lipinski definition) is 1. The van der Waals surface area contributed by atoms with Crippen molar-refractivity contribution in [3.05, 3.63) is 64.5 Å². The second-order valence-corrected chi connectivity index (χ2v) is 6.23. The van der Waals surface area contributed by atoms with E-state index in [2.05, 4.69) is 61.5 Å². The molecule has 1 aliphatic rings. The highest BCUT2D eigenvalue weighted by molar-refractivity contribution is 9.10. The summed E-state index contributed by atoms with van der Waals surface area (Å²) < 4.78 is 1.00. The molecule has 104 valence electrons. The van der Waals surface area contributed by atoms with Crippen molar-refractivity contribution in [2.45, 2.75) is 18.9 Å². The predicted octanol–water partition coefficient (Wildman–Crippen LogP) is 4.49. The maximum absolute atomic E-state index is 4.55. The predicted molar refractivity (Wildman–Crippen MR) is 88.4 cm³/mol. The normalized spacial score (nSPS) is 16.9. The lowest BCUT2D eigenvalue weighted by atomic mass is 10.1. The van der Waals surface area contributed by atoms with Gasteiger partial charge < -0.3 is 5.32 Å². The third-order valence-corrected chi connectivity index (χ3v) is 4.40. The van der Waals surface area contributed by atoms with Gasteiger partial charge in [0, 0.05) is 22.3 Å². The topological polar surface area (TPSA) is 37.8 Å². The van der Waals surface area contributed by atoms with Crippen LogP contribution in [0.15, 0.2) is 53.3 Å². The van der Waals surface area contributed by atoms with Crippen LogP contribution in [0, 0.1) is 0 Å². The number of hydrogen-bond acceptors (Lipinski definition) is 3. The lowest BCUT2D eigenvalue weighted by Crippen LogP contribution is -2.09. The fourth-order valence-electron chi connectivity index (χ4n) is 2.99. The van der Waals surface area contributed by atoms with Crippen LogP contribution in [0.5, 0.6) is 0 Å². The standard InChI is InChI=1S/C17H14BrN3/c18-13-9-12-3-1-5-14(17(12)20-10-13)21-15-7-6-11-4-2-8-19-16(11)15/h1-5,8-10,15,21H,6-7H2. The van der Waals surface area contributed by atoms with Crippen LogP contribution in [-0.2, 0) is 6.42 Å². The minimum Gasteiger partial charge on any atom is -0.375 e. The maximum atomic E-state index is 4.55. The van der Waals surface area contributed by atoms with Gasteiger partial charge in [0.15, 0.2) is 0 Å². The van der Waals surface area contributed by atoms with Crippen molar-refractivity contribution in [1.82, 2.24) is 9.97 Å². The summed E-state index contributed by atoms with van der Waals surface area (Å²) >= 11 is 3.47. The van der Waals surface area contributed by atoms with Gasteiger partial charge in [0.2, 0.25) is 0 Å². The van der Waals surface area contributed by atoms with Crippen molar-refractivity contribution in [3.63, 3.8) is 0 Å². The largest absolute Gasteiger partial charge is 0.375 e. The van der Waals surface area contributed by atoms with Crippen molar-refractivity contribution >= 4 is 32.5 Å². The molecule has 21 heavy (non-hydrogen) atoms. The van der Waals surface area contributed by atoms with Gasteiger partial charge >= 0.3 is 0 Å². The minimum atomic E-state index is 0.275. The fourth-order valence-corrected chi connectivity index (χ4v) is 3.34. The van der Waals surface area contributed by atoms with E-state index in [1.807, 2.05) is 18.5 Å². The van der Waals surface area contributed by atoms with Crippen molar-refractivity contribution in [2.75, 3.05) is 5.32 Å². The SMILES string of the molecule is Brc1cnc2c(NC3CCc4cccnc43)cccc2c1. The molecular weight excluding hydrogens is 326 g/mol.